The molecule has 1 amide bonds. The molecule has 22 heavy (non-hydrogen) atoms. The van der Waals surface area contributed by atoms with Gasteiger partial charge in [0.2, 0.25) is 15.9 Å². The summed E-state index contributed by atoms with van der Waals surface area (Å²) in [6.45, 7) is 1.69. The van der Waals surface area contributed by atoms with E-state index in [9.17, 15) is 13.2 Å². The van der Waals surface area contributed by atoms with Crippen LogP contribution in [-0.4, -0.2) is 38.9 Å². The van der Waals surface area contributed by atoms with Crippen LogP contribution < -0.4 is 4.72 Å². The third kappa shape index (κ3) is 4.97. The molecule has 0 atom stereocenters. The van der Waals surface area contributed by atoms with E-state index in [-0.39, 0.29) is 10.8 Å². The van der Waals surface area contributed by atoms with Crippen molar-refractivity contribution >= 4 is 27.5 Å². The van der Waals surface area contributed by atoms with Crippen molar-refractivity contribution in [3.63, 3.8) is 0 Å². The lowest BCUT2D eigenvalue weighted by Crippen LogP contribution is -2.34. The van der Waals surface area contributed by atoms with Gasteiger partial charge < -0.3 is 4.90 Å². The molecule has 0 saturated carbocycles. The molecule has 1 aliphatic rings. The van der Waals surface area contributed by atoms with Gasteiger partial charge in [0.1, 0.15) is 0 Å². The minimum atomic E-state index is -3.51. The average molecular weight is 345 g/mol. The van der Waals surface area contributed by atoms with Crippen LogP contribution in [0.2, 0.25) is 5.02 Å². The van der Waals surface area contributed by atoms with Crippen molar-refractivity contribution in [1.82, 2.24) is 9.62 Å². The average Bonchev–Trinajstić information content (AvgIpc) is 2.69. The Hall–Kier alpha value is -1.11. The molecule has 0 unspecified atom stereocenters. The van der Waals surface area contributed by atoms with E-state index in [2.05, 4.69) is 4.72 Å². The first kappa shape index (κ1) is 17.2. The van der Waals surface area contributed by atoms with Gasteiger partial charge in [0.25, 0.3) is 0 Å². The summed E-state index contributed by atoms with van der Waals surface area (Å²) >= 11 is 5.75. The fraction of sp³-hybridized carbons (Fsp3) is 0.533. The van der Waals surface area contributed by atoms with E-state index >= 15 is 0 Å². The number of hydrogen-bond acceptors (Lipinski definition) is 3. The van der Waals surface area contributed by atoms with Crippen LogP contribution in [0, 0.1) is 0 Å². The molecule has 0 spiro atoms. The van der Waals surface area contributed by atoms with E-state index < -0.39 is 10.0 Å². The molecule has 1 aromatic carbocycles. The van der Waals surface area contributed by atoms with Gasteiger partial charge in [-0.3, -0.25) is 4.79 Å². The Balaban J connectivity index is 1.80. The van der Waals surface area contributed by atoms with Crippen LogP contribution >= 0.6 is 11.6 Å². The van der Waals surface area contributed by atoms with Crippen molar-refractivity contribution in [2.45, 2.75) is 37.0 Å². The second-order valence-electron chi connectivity index (χ2n) is 5.40. The lowest BCUT2D eigenvalue weighted by atomic mass is 10.2. The van der Waals surface area contributed by atoms with Crippen molar-refractivity contribution in [2.75, 3.05) is 19.6 Å². The summed E-state index contributed by atoms with van der Waals surface area (Å²) in [5.74, 6) is 0.179. The van der Waals surface area contributed by atoms with Gasteiger partial charge in [-0.05, 0) is 43.5 Å². The highest BCUT2D eigenvalue weighted by Gasteiger charge is 2.17. The quantitative estimate of drug-likeness (QED) is 0.806. The number of rotatable bonds is 6. The number of carbonyl (C=O) groups is 1. The molecule has 1 aliphatic heterocycles. The summed E-state index contributed by atoms with van der Waals surface area (Å²) in [6, 6.07) is 6.05. The molecular formula is C15H21ClN2O3S. The maximum absolute atomic E-state index is 12.1. The molecule has 1 aromatic rings. The summed E-state index contributed by atoms with van der Waals surface area (Å²) in [4.78, 5) is 13.9. The number of likely N-dealkylation sites (tertiary alicyclic amines) is 1. The van der Waals surface area contributed by atoms with Crippen LogP contribution in [0.3, 0.4) is 0 Å². The first-order valence-corrected chi connectivity index (χ1v) is 9.38. The summed E-state index contributed by atoms with van der Waals surface area (Å²) in [5.41, 5.74) is 0. The number of benzene rings is 1. The van der Waals surface area contributed by atoms with Gasteiger partial charge in [-0.15, -0.1) is 0 Å². The molecule has 122 valence electrons. The van der Waals surface area contributed by atoms with Crippen LogP contribution in [0.1, 0.15) is 32.1 Å². The highest BCUT2D eigenvalue weighted by Crippen LogP contribution is 2.14. The Morgan fingerprint density at radius 1 is 1.14 bits per heavy atom. The van der Waals surface area contributed by atoms with E-state index in [1.807, 2.05) is 4.90 Å². The summed E-state index contributed by atoms with van der Waals surface area (Å²) < 4.78 is 26.7. The van der Waals surface area contributed by atoms with Crippen LogP contribution in [0.4, 0.5) is 0 Å². The third-order valence-electron chi connectivity index (χ3n) is 3.69. The maximum atomic E-state index is 12.1. The van der Waals surface area contributed by atoms with Crippen molar-refractivity contribution in [3.8, 4) is 0 Å². The van der Waals surface area contributed by atoms with Gasteiger partial charge in [0.05, 0.1) is 4.90 Å². The number of nitrogens with one attached hydrogen (secondary N) is 1. The second-order valence-corrected chi connectivity index (χ2v) is 7.60. The van der Waals surface area contributed by atoms with Gasteiger partial charge in [-0.2, -0.15) is 0 Å². The number of hydrogen-bond donors (Lipinski definition) is 1. The smallest absolute Gasteiger partial charge is 0.240 e. The Morgan fingerprint density at radius 2 is 1.86 bits per heavy atom. The summed E-state index contributed by atoms with van der Waals surface area (Å²) in [5, 5.41) is 0.499. The second kappa shape index (κ2) is 7.94. The van der Waals surface area contributed by atoms with E-state index in [1.165, 1.54) is 12.1 Å². The lowest BCUT2D eigenvalue weighted by molar-refractivity contribution is -0.130. The van der Waals surface area contributed by atoms with Gasteiger partial charge in [0, 0.05) is 31.1 Å². The van der Waals surface area contributed by atoms with Crippen LogP contribution in [0.5, 0.6) is 0 Å². The predicted octanol–water partition coefficient (Wildman–Crippen LogP) is 2.41. The molecule has 0 aliphatic carbocycles. The summed E-state index contributed by atoms with van der Waals surface area (Å²) in [6.07, 6.45) is 4.29. The molecule has 1 fully saturated rings. The van der Waals surface area contributed by atoms with Crippen LogP contribution in [0.25, 0.3) is 0 Å². The van der Waals surface area contributed by atoms with Gasteiger partial charge in [-0.25, -0.2) is 13.1 Å². The zero-order chi connectivity index (χ0) is 16.0. The van der Waals surface area contributed by atoms with E-state index in [4.69, 9.17) is 11.6 Å². The Labute approximate surface area is 136 Å². The number of carbonyl (C=O) groups excluding carboxylic acids is 1. The molecular weight excluding hydrogens is 324 g/mol. The topological polar surface area (TPSA) is 66.5 Å². The maximum Gasteiger partial charge on any atom is 0.240 e. The lowest BCUT2D eigenvalue weighted by Gasteiger charge is -2.20. The molecule has 0 aromatic heterocycles. The van der Waals surface area contributed by atoms with Gasteiger partial charge in [0.15, 0.2) is 0 Å². The minimum absolute atomic E-state index is 0.179. The molecule has 0 radical (unpaired) electrons. The SMILES string of the molecule is O=C1CCCCCN1CCCNS(=O)(=O)c1ccc(Cl)cc1. The zero-order valence-corrected chi connectivity index (χ0v) is 14.0. The van der Waals surface area contributed by atoms with Crippen molar-refractivity contribution < 1.29 is 13.2 Å². The highest BCUT2D eigenvalue weighted by atomic mass is 35.5. The van der Waals surface area contributed by atoms with Crippen LogP contribution in [-0.2, 0) is 14.8 Å². The molecule has 5 nitrogen and oxygen atoms in total. The van der Waals surface area contributed by atoms with Crippen molar-refractivity contribution in [3.05, 3.63) is 29.3 Å². The van der Waals surface area contributed by atoms with Crippen molar-refractivity contribution in [1.29, 1.82) is 0 Å². The third-order valence-corrected chi connectivity index (χ3v) is 5.42. The molecule has 1 saturated heterocycles. The molecule has 7 heteroatoms. The largest absolute Gasteiger partial charge is 0.343 e. The highest BCUT2D eigenvalue weighted by molar-refractivity contribution is 7.89. The number of amides is 1. The fourth-order valence-electron chi connectivity index (χ4n) is 2.45. The summed E-state index contributed by atoms with van der Waals surface area (Å²) in [7, 11) is -3.51. The van der Waals surface area contributed by atoms with Crippen molar-refractivity contribution in [2.24, 2.45) is 0 Å². The first-order valence-electron chi connectivity index (χ1n) is 7.52. The Morgan fingerprint density at radius 3 is 2.59 bits per heavy atom. The van der Waals surface area contributed by atoms with E-state index in [1.54, 1.807) is 12.1 Å². The fourth-order valence-corrected chi connectivity index (χ4v) is 3.65. The monoisotopic (exact) mass is 344 g/mol. The molecule has 1 heterocycles. The normalized spacial score (nSPS) is 16.6. The van der Waals surface area contributed by atoms with E-state index in [0.717, 1.165) is 25.8 Å². The molecule has 2 rings (SSSR count). The number of sulfonamides is 1. The molecule has 1 N–H and O–H groups in total. The Kier molecular flexibility index (Phi) is 6.23. The standard InChI is InChI=1S/C15H21ClN2O3S/c16-13-6-8-14(9-7-13)22(20,21)17-10-4-12-18-11-3-1-2-5-15(18)19/h6-9,17H,1-5,10-12H2. The van der Waals surface area contributed by atoms with E-state index in [0.29, 0.717) is 31.0 Å². The molecule has 0 bridgehead atoms. The van der Waals surface area contributed by atoms with Gasteiger partial charge >= 0.3 is 0 Å². The Bertz CT molecular complexity index is 602. The number of nitrogens with zero attached hydrogens (tertiary/aromatic N) is 1. The van der Waals surface area contributed by atoms with Gasteiger partial charge in [-0.1, -0.05) is 18.0 Å². The number of halogens is 1. The first-order chi connectivity index (χ1) is 10.5. The predicted molar refractivity (Wildman–Crippen MR) is 86.3 cm³/mol. The zero-order valence-electron chi connectivity index (χ0n) is 12.4. The minimum Gasteiger partial charge on any atom is -0.343 e. The van der Waals surface area contributed by atoms with Crippen LogP contribution in [0.15, 0.2) is 29.2 Å².